The van der Waals surface area contributed by atoms with Crippen molar-refractivity contribution < 1.29 is 9.59 Å². The summed E-state index contributed by atoms with van der Waals surface area (Å²) in [4.78, 5) is 22.2. The second-order valence-electron chi connectivity index (χ2n) is 2.92. The maximum atomic E-state index is 11.3. The standard InChI is InChI=1S/C10H8O2/c11-8-4-5-9-7(6-8)2-1-3-10(9)12/h1-2,5-6H,3-4H2. The van der Waals surface area contributed by atoms with Gasteiger partial charge in [-0.25, -0.2) is 0 Å². The molecular formula is C10H8O2. The predicted molar refractivity (Wildman–Crippen MR) is 44.6 cm³/mol. The van der Waals surface area contributed by atoms with Gasteiger partial charge in [-0.15, -0.1) is 0 Å². The van der Waals surface area contributed by atoms with E-state index in [1.807, 2.05) is 6.08 Å². The van der Waals surface area contributed by atoms with Crippen LogP contribution in [-0.2, 0) is 9.59 Å². The molecule has 2 heteroatoms. The monoisotopic (exact) mass is 160 g/mol. The lowest BCUT2D eigenvalue weighted by Gasteiger charge is -2.14. The number of allylic oxidation sites excluding steroid dienone is 6. The fraction of sp³-hybridized carbons (Fsp3) is 0.200. The molecule has 0 amide bonds. The average molecular weight is 160 g/mol. The molecule has 2 rings (SSSR count). The summed E-state index contributed by atoms with van der Waals surface area (Å²) in [6.45, 7) is 0. The first kappa shape index (κ1) is 7.22. The minimum Gasteiger partial charge on any atom is -0.294 e. The highest BCUT2D eigenvalue weighted by atomic mass is 16.1. The molecule has 2 aliphatic rings. The Morgan fingerprint density at radius 2 is 2.00 bits per heavy atom. The summed E-state index contributed by atoms with van der Waals surface area (Å²) < 4.78 is 0. The van der Waals surface area contributed by atoms with Gasteiger partial charge in [0.25, 0.3) is 0 Å². The van der Waals surface area contributed by atoms with Crippen LogP contribution >= 0.6 is 0 Å². The predicted octanol–water partition coefficient (Wildman–Crippen LogP) is 1.34. The van der Waals surface area contributed by atoms with Gasteiger partial charge in [0.15, 0.2) is 11.6 Å². The maximum absolute atomic E-state index is 11.3. The van der Waals surface area contributed by atoms with Crippen molar-refractivity contribution in [2.24, 2.45) is 0 Å². The molecular weight excluding hydrogens is 152 g/mol. The van der Waals surface area contributed by atoms with E-state index < -0.39 is 0 Å². The molecule has 0 fully saturated rings. The van der Waals surface area contributed by atoms with E-state index >= 15 is 0 Å². The number of ketones is 2. The molecule has 0 unspecified atom stereocenters. The highest BCUT2D eigenvalue weighted by Gasteiger charge is 2.19. The van der Waals surface area contributed by atoms with Gasteiger partial charge in [0.2, 0.25) is 0 Å². The summed E-state index contributed by atoms with van der Waals surface area (Å²) in [5, 5.41) is 0. The Bertz CT molecular complexity index is 343. The highest BCUT2D eigenvalue weighted by molar-refractivity contribution is 6.07. The molecule has 0 saturated carbocycles. The number of rotatable bonds is 0. The van der Waals surface area contributed by atoms with Gasteiger partial charge < -0.3 is 0 Å². The molecule has 60 valence electrons. The molecule has 0 N–H and O–H groups in total. The minimum absolute atomic E-state index is 0.0769. The molecule has 0 saturated heterocycles. The number of fused-ring (bicyclic) bond motifs is 1. The summed E-state index contributed by atoms with van der Waals surface area (Å²) in [5.41, 5.74) is 1.50. The van der Waals surface area contributed by atoms with E-state index in [4.69, 9.17) is 0 Å². The minimum atomic E-state index is 0.0769. The van der Waals surface area contributed by atoms with Gasteiger partial charge in [-0.3, -0.25) is 9.59 Å². The molecule has 0 aromatic heterocycles. The van der Waals surface area contributed by atoms with E-state index in [1.54, 1.807) is 18.2 Å². The Hall–Kier alpha value is -1.44. The molecule has 2 aliphatic carbocycles. The number of hydrogen-bond donors (Lipinski definition) is 0. The summed E-state index contributed by atoms with van der Waals surface area (Å²) in [7, 11) is 0. The van der Waals surface area contributed by atoms with Crippen LogP contribution in [0.1, 0.15) is 12.8 Å². The van der Waals surface area contributed by atoms with Crippen molar-refractivity contribution in [3.05, 3.63) is 35.5 Å². The van der Waals surface area contributed by atoms with E-state index in [0.29, 0.717) is 12.8 Å². The van der Waals surface area contributed by atoms with Crippen LogP contribution in [-0.4, -0.2) is 11.6 Å². The van der Waals surface area contributed by atoms with Crippen molar-refractivity contribution >= 4 is 11.6 Å². The quantitative estimate of drug-likeness (QED) is 0.536. The summed E-state index contributed by atoms with van der Waals surface area (Å²) in [5.74, 6) is 0.198. The molecule has 12 heavy (non-hydrogen) atoms. The van der Waals surface area contributed by atoms with Crippen molar-refractivity contribution in [3.8, 4) is 0 Å². The Morgan fingerprint density at radius 3 is 2.83 bits per heavy atom. The Kier molecular flexibility index (Phi) is 1.54. The zero-order chi connectivity index (χ0) is 8.55. The fourth-order valence-corrected chi connectivity index (χ4v) is 1.45. The Morgan fingerprint density at radius 1 is 1.17 bits per heavy atom. The molecule has 0 aromatic rings. The second kappa shape index (κ2) is 2.55. The largest absolute Gasteiger partial charge is 0.294 e. The van der Waals surface area contributed by atoms with Gasteiger partial charge in [-0.1, -0.05) is 18.2 Å². The normalized spacial score (nSPS) is 21.7. The van der Waals surface area contributed by atoms with Crippen molar-refractivity contribution in [1.82, 2.24) is 0 Å². The highest BCUT2D eigenvalue weighted by Crippen LogP contribution is 2.23. The van der Waals surface area contributed by atoms with Crippen molar-refractivity contribution in [3.63, 3.8) is 0 Å². The fourth-order valence-electron chi connectivity index (χ4n) is 1.45. The number of hydrogen-bond acceptors (Lipinski definition) is 2. The van der Waals surface area contributed by atoms with E-state index in [2.05, 4.69) is 0 Å². The molecule has 0 aromatic carbocycles. The van der Waals surface area contributed by atoms with Crippen LogP contribution in [0.15, 0.2) is 35.5 Å². The zero-order valence-corrected chi connectivity index (χ0v) is 6.54. The molecule has 0 bridgehead atoms. The third-order valence-electron chi connectivity index (χ3n) is 2.04. The summed E-state index contributed by atoms with van der Waals surface area (Å²) >= 11 is 0. The van der Waals surface area contributed by atoms with Gasteiger partial charge in [0, 0.05) is 18.4 Å². The van der Waals surface area contributed by atoms with Crippen LogP contribution in [0.3, 0.4) is 0 Å². The lowest BCUT2D eigenvalue weighted by molar-refractivity contribution is -0.114. The average Bonchev–Trinajstić information content (AvgIpc) is 2.04. The lowest BCUT2D eigenvalue weighted by atomic mass is 9.89. The Balaban J connectivity index is 2.47. The first-order valence-corrected chi connectivity index (χ1v) is 3.92. The van der Waals surface area contributed by atoms with Gasteiger partial charge >= 0.3 is 0 Å². The first-order valence-electron chi connectivity index (χ1n) is 3.92. The summed E-state index contributed by atoms with van der Waals surface area (Å²) in [6.07, 6.45) is 7.75. The van der Waals surface area contributed by atoms with Crippen molar-refractivity contribution in [1.29, 1.82) is 0 Å². The molecule has 2 nitrogen and oxygen atoms in total. The van der Waals surface area contributed by atoms with Gasteiger partial charge in [-0.2, -0.15) is 0 Å². The van der Waals surface area contributed by atoms with Crippen LogP contribution in [0.25, 0.3) is 0 Å². The van der Waals surface area contributed by atoms with E-state index in [9.17, 15) is 9.59 Å². The van der Waals surface area contributed by atoms with E-state index in [0.717, 1.165) is 11.1 Å². The van der Waals surface area contributed by atoms with E-state index in [-0.39, 0.29) is 11.6 Å². The summed E-state index contributed by atoms with van der Waals surface area (Å²) in [6, 6.07) is 0. The van der Waals surface area contributed by atoms with Crippen molar-refractivity contribution in [2.45, 2.75) is 12.8 Å². The molecule has 0 spiro atoms. The van der Waals surface area contributed by atoms with Crippen LogP contribution in [0, 0.1) is 0 Å². The molecule has 0 aliphatic heterocycles. The van der Waals surface area contributed by atoms with Crippen molar-refractivity contribution in [2.75, 3.05) is 0 Å². The SMILES string of the molecule is O=C1C=C2C=CCC(=O)C2=CC1. The number of carbonyl (C=O) groups excluding carboxylic acids is 2. The maximum Gasteiger partial charge on any atom is 0.166 e. The van der Waals surface area contributed by atoms with Gasteiger partial charge in [0.1, 0.15) is 0 Å². The number of carbonyl (C=O) groups is 2. The van der Waals surface area contributed by atoms with E-state index in [1.165, 1.54) is 0 Å². The molecule has 0 radical (unpaired) electrons. The third-order valence-corrected chi connectivity index (χ3v) is 2.04. The van der Waals surface area contributed by atoms with Gasteiger partial charge in [0.05, 0.1) is 0 Å². The topological polar surface area (TPSA) is 34.1 Å². The lowest BCUT2D eigenvalue weighted by Crippen LogP contribution is -2.12. The van der Waals surface area contributed by atoms with Crippen LogP contribution in [0.5, 0.6) is 0 Å². The molecule has 0 atom stereocenters. The number of Topliss-reactive ketones (excluding diaryl/α,β-unsaturated/α-hetero) is 1. The van der Waals surface area contributed by atoms with Crippen LogP contribution in [0.4, 0.5) is 0 Å². The first-order chi connectivity index (χ1) is 5.77. The molecule has 0 heterocycles. The zero-order valence-electron chi connectivity index (χ0n) is 6.54. The van der Waals surface area contributed by atoms with Gasteiger partial charge in [-0.05, 0) is 11.6 Å². The Labute approximate surface area is 70.3 Å². The second-order valence-corrected chi connectivity index (χ2v) is 2.92. The van der Waals surface area contributed by atoms with Crippen LogP contribution < -0.4 is 0 Å². The smallest absolute Gasteiger partial charge is 0.166 e. The van der Waals surface area contributed by atoms with Crippen LogP contribution in [0.2, 0.25) is 0 Å². The third kappa shape index (κ3) is 1.05.